The molecule has 0 aliphatic heterocycles. The van der Waals surface area contributed by atoms with Crippen LogP contribution in [0.3, 0.4) is 0 Å². The summed E-state index contributed by atoms with van der Waals surface area (Å²) in [6.07, 6.45) is 0.301. The second-order valence-corrected chi connectivity index (χ2v) is 5.31. The number of primary amides is 1. The van der Waals surface area contributed by atoms with Crippen LogP contribution in [-0.2, 0) is 16.0 Å². The lowest BCUT2D eigenvalue weighted by Gasteiger charge is -2.17. The number of carbonyl (C=O) groups is 3. The minimum absolute atomic E-state index is 0.301. The van der Waals surface area contributed by atoms with E-state index in [0.29, 0.717) is 17.7 Å². The third kappa shape index (κ3) is 5.35. The van der Waals surface area contributed by atoms with E-state index in [9.17, 15) is 14.4 Å². The minimum atomic E-state index is -0.819. The predicted octanol–water partition coefficient (Wildman–Crippen LogP) is 1.69. The molecule has 0 aromatic heterocycles. The number of methoxy groups -OCH3 is 1. The first-order chi connectivity index (χ1) is 12.0. The van der Waals surface area contributed by atoms with Crippen molar-refractivity contribution in [2.24, 2.45) is 5.73 Å². The summed E-state index contributed by atoms with van der Waals surface area (Å²) in [6, 6.07) is 13.9. The summed E-state index contributed by atoms with van der Waals surface area (Å²) in [5.41, 5.74) is 6.91. The molecule has 2 aromatic rings. The van der Waals surface area contributed by atoms with E-state index in [1.54, 1.807) is 12.1 Å². The van der Waals surface area contributed by atoms with Crippen LogP contribution in [0.5, 0.6) is 0 Å². The Bertz CT molecular complexity index is 745. The molecule has 2 aromatic carbocycles. The molecule has 7 nitrogen and oxygen atoms in total. The number of hydrogen-bond acceptors (Lipinski definition) is 4. The number of nitrogens with one attached hydrogen (secondary N) is 2. The van der Waals surface area contributed by atoms with E-state index in [4.69, 9.17) is 5.73 Å². The Morgan fingerprint density at radius 1 is 1.04 bits per heavy atom. The molecule has 7 heteroatoms. The number of nitrogens with two attached hydrogens (primary N) is 1. The van der Waals surface area contributed by atoms with Gasteiger partial charge in [0.25, 0.3) is 0 Å². The maximum absolute atomic E-state index is 12.5. The number of benzene rings is 2. The second-order valence-electron chi connectivity index (χ2n) is 5.31. The van der Waals surface area contributed by atoms with Gasteiger partial charge in [0, 0.05) is 12.1 Å². The smallest absolute Gasteiger partial charge is 0.337 e. The van der Waals surface area contributed by atoms with Crippen molar-refractivity contribution in [3.05, 3.63) is 65.7 Å². The molecule has 1 unspecified atom stereocenters. The molecule has 3 amide bonds. The van der Waals surface area contributed by atoms with E-state index in [1.807, 2.05) is 30.3 Å². The van der Waals surface area contributed by atoms with Crippen LogP contribution in [-0.4, -0.2) is 31.1 Å². The highest BCUT2D eigenvalue weighted by atomic mass is 16.5. The van der Waals surface area contributed by atoms with Crippen molar-refractivity contribution in [3.63, 3.8) is 0 Å². The van der Waals surface area contributed by atoms with Gasteiger partial charge in [-0.3, -0.25) is 4.79 Å². The van der Waals surface area contributed by atoms with Crippen LogP contribution in [0.2, 0.25) is 0 Å². The molecule has 0 bridgehead atoms. The Morgan fingerprint density at radius 3 is 2.24 bits per heavy atom. The fraction of sp³-hybridized carbons (Fsp3) is 0.167. The SMILES string of the molecule is COC(=O)c1ccc(NC(=O)C(Cc2ccccc2)NC(N)=O)cc1. The van der Waals surface area contributed by atoms with Gasteiger partial charge >= 0.3 is 12.0 Å². The van der Waals surface area contributed by atoms with Gasteiger partial charge in [-0.1, -0.05) is 30.3 Å². The molecular formula is C18H19N3O4. The van der Waals surface area contributed by atoms with Gasteiger partial charge in [0.05, 0.1) is 12.7 Å². The zero-order valence-corrected chi connectivity index (χ0v) is 13.7. The quantitative estimate of drug-likeness (QED) is 0.694. The van der Waals surface area contributed by atoms with Gasteiger partial charge in [-0.15, -0.1) is 0 Å². The van der Waals surface area contributed by atoms with E-state index >= 15 is 0 Å². The van der Waals surface area contributed by atoms with Crippen LogP contribution in [0, 0.1) is 0 Å². The number of amides is 3. The Labute approximate surface area is 145 Å². The fourth-order valence-corrected chi connectivity index (χ4v) is 2.27. The van der Waals surface area contributed by atoms with Crippen molar-refractivity contribution in [1.29, 1.82) is 0 Å². The third-order valence-electron chi connectivity index (χ3n) is 3.49. The average Bonchev–Trinajstić information content (AvgIpc) is 2.61. The number of esters is 1. The summed E-state index contributed by atoms with van der Waals surface area (Å²) in [6.45, 7) is 0. The molecule has 0 fully saturated rings. The lowest BCUT2D eigenvalue weighted by Crippen LogP contribution is -2.47. The van der Waals surface area contributed by atoms with E-state index < -0.39 is 23.9 Å². The first-order valence-electron chi connectivity index (χ1n) is 7.58. The van der Waals surface area contributed by atoms with Crippen LogP contribution >= 0.6 is 0 Å². The van der Waals surface area contributed by atoms with Gasteiger partial charge in [-0.25, -0.2) is 9.59 Å². The Morgan fingerprint density at radius 2 is 1.68 bits per heavy atom. The van der Waals surface area contributed by atoms with Gasteiger partial charge < -0.3 is 21.1 Å². The lowest BCUT2D eigenvalue weighted by molar-refractivity contribution is -0.117. The summed E-state index contributed by atoms with van der Waals surface area (Å²) in [7, 11) is 1.29. The van der Waals surface area contributed by atoms with Crippen LogP contribution < -0.4 is 16.4 Å². The largest absolute Gasteiger partial charge is 0.465 e. The highest BCUT2D eigenvalue weighted by Gasteiger charge is 2.20. The molecule has 4 N–H and O–H groups in total. The van der Waals surface area contributed by atoms with Crippen LogP contribution in [0.15, 0.2) is 54.6 Å². The molecule has 0 aliphatic carbocycles. The van der Waals surface area contributed by atoms with Gasteiger partial charge in [0.1, 0.15) is 6.04 Å². The predicted molar refractivity (Wildman–Crippen MR) is 93.1 cm³/mol. The molecule has 130 valence electrons. The molecule has 0 spiro atoms. The van der Waals surface area contributed by atoms with Crippen molar-refractivity contribution in [1.82, 2.24) is 5.32 Å². The zero-order chi connectivity index (χ0) is 18.2. The second kappa shape index (κ2) is 8.49. The fourth-order valence-electron chi connectivity index (χ4n) is 2.27. The number of urea groups is 1. The third-order valence-corrected chi connectivity index (χ3v) is 3.49. The van der Waals surface area contributed by atoms with E-state index in [2.05, 4.69) is 15.4 Å². The lowest BCUT2D eigenvalue weighted by atomic mass is 10.1. The van der Waals surface area contributed by atoms with Gasteiger partial charge in [-0.05, 0) is 29.8 Å². The summed E-state index contributed by atoms with van der Waals surface area (Å²) in [4.78, 5) is 35.1. The Kier molecular flexibility index (Phi) is 6.11. The molecule has 0 heterocycles. The topological polar surface area (TPSA) is 111 Å². The van der Waals surface area contributed by atoms with E-state index in [0.717, 1.165) is 5.56 Å². The maximum Gasteiger partial charge on any atom is 0.337 e. The van der Waals surface area contributed by atoms with Crippen LogP contribution in [0.1, 0.15) is 15.9 Å². The molecular weight excluding hydrogens is 322 g/mol. The highest BCUT2D eigenvalue weighted by molar-refractivity contribution is 5.97. The standard InChI is InChI=1S/C18H19N3O4/c1-25-17(23)13-7-9-14(10-8-13)20-16(22)15(21-18(19)24)11-12-5-3-2-4-6-12/h2-10,15H,11H2,1H3,(H,20,22)(H3,19,21,24). The number of anilines is 1. The molecule has 1 atom stereocenters. The Balaban J connectivity index is 2.08. The summed E-state index contributed by atoms with van der Waals surface area (Å²) >= 11 is 0. The van der Waals surface area contributed by atoms with Crippen molar-refractivity contribution in [2.45, 2.75) is 12.5 Å². The van der Waals surface area contributed by atoms with Crippen molar-refractivity contribution < 1.29 is 19.1 Å². The number of carbonyl (C=O) groups excluding carboxylic acids is 3. The summed E-state index contributed by atoms with van der Waals surface area (Å²) in [5, 5.41) is 5.13. The molecule has 0 saturated heterocycles. The molecule has 25 heavy (non-hydrogen) atoms. The molecule has 0 aliphatic rings. The first-order valence-corrected chi connectivity index (χ1v) is 7.58. The van der Waals surface area contributed by atoms with Gasteiger partial charge in [0.2, 0.25) is 5.91 Å². The van der Waals surface area contributed by atoms with Gasteiger partial charge in [0.15, 0.2) is 0 Å². The normalized spacial score (nSPS) is 11.2. The zero-order valence-electron chi connectivity index (χ0n) is 13.7. The monoisotopic (exact) mass is 341 g/mol. The maximum atomic E-state index is 12.5. The number of rotatable bonds is 6. The first kappa shape index (κ1) is 18.0. The van der Waals surface area contributed by atoms with Crippen molar-refractivity contribution >= 4 is 23.6 Å². The van der Waals surface area contributed by atoms with Crippen molar-refractivity contribution in [2.75, 3.05) is 12.4 Å². The van der Waals surface area contributed by atoms with Crippen LogP contribution in [0.25, 0.3) is 0 Å². The van der Waals surface area contributed by atoms with Crippen molar-refractivity contribution in [3.8, 4) is 0 Å². The number of ether oxygens (including phenoxy) is 1. The van der Waals surface area contributed by atoms with Gasteiger partial charge in [-0.2, -0.15) is 0 Å². The highest BCUT2D eigenvalue weighted by Crippen LogP contribution is 2.12. The summed E-state index contributed by atoms with van der Waals surface area (Å²) < 4.78 is 4.62. The number of hydrogen-bond donors (Lipinski definition) is 3. The minimum Gasteiger partial charge on any atom is -0.465 e. The van der Waals surface area contributed by atoms with E-state index in [-0.39, 0.29) is 0 Å². The Hall–Kier alpha value is -3.35. The average molecular weight is 341 g/mol. The molecule has 0 radical (unpaired) electrons. The van der Waals surface area contributed by atoms with E-state index in [1.165, 1.54) is 19.2 Å². The summed E-state index contributed by atoms with van der Waals surface area (Å²) in [5.74, 6) is -0.872. The molecule has 2 rings (SSSR count). The molecule has 0 saturated carbocycles. The van der Waals surface area contributed by atoms with Crippen LogP contribution in [0.4, 0.5) is 10.5 Å².